The third kappa shape index (κ3) is 4.40. The molecule has 0 bridgehead atoms. The van der Waals surface area contributed by atoms with Crippen LogP contribution in [0.4, 0.5) is 18.9 Å². The first-order valence-corrected chi connectivity index (χ1v) is 9.42. The van der Waals surface area contributed by atoms with Crippen molar-refractivity contribution < 1.29 is 18.0 Å². The molecule has 27 heavy (non-hydrogen) atoms. The Bertz CT molecular complexity index is 830. The average Bonchev–Trinajstić information content (AvgIpc) is 2.91. The average molecular weight is 466 g/mol. The van der Waals surface area contributed by atoms with Crippen LogP contribution in [0.5, 0.6) is 0 Å². The van der Waals surface area contributed by atoms with Crippen LogP contribution in [0.25, 0.3) is 0 Å². The van der Waals surface area contributed by atoms with Gasteiger partial charge in [-0.3, -0.25) is 9.48 Å². The van der Waals surface area contributed by atoms with Crippen molar-refractivity contribution in [3.63, 3.8) is 0 Å². The van der Waals surface area contributed by atoms with Gasteiger partial charge in [-0.2, -0.15) is 18.3 Å². The minimum Gasteiger partial charge on any atom is -0.368 e. The van der Waals surface area contributed by atoms with Gasteiger partial charge in [-0.05, 0) is 47.1 Å². The molecule has 1 fully saturated rings. The van der Waals surface area contributed by atoms with Crippen LogP contribution in [0.1, 0.15) is 11.4 Å². The largest absolute Gasteiger partial charge is 0.436 e. The number of piperazine rings is 1. The number of aromatic nitrogens is 2. The van der Waals surface area contributed by atoms with E-state index < -0.39 is 11.9 Å². The normalized spacial score (nSPS) is 15.3. The quantitative estimate of drug-likeness (QED) is 0.689. The second-order valence-corrected chi connectivity index (χ2v) is 7.48. The van der Waals surface area contributed by atoms with E-state index in [9.17, 15) is 18.0 Å². The lowest BCUT2D eigenvalue weighted by Crippen LogP contribution is -2.49. The molecule has 2 heterocycles. The maximum Gasteiger partial charge on any atom is 0.436 e. The first kappa shape index (κ1) is 20.0. The van der Waals surface area contributed by atoms with Crippen LogP contribution in [0.15, 0.2) is 28.7 Å². The van der Waals surface area contributed by atoms with Gasteiger partial charge in [0.2, 0.25) is 5.91 Å². The maximum absolute atomic E-state index is 12.9. The van der Waals surface area contributed by atoms with Crippen LogP contribution >= 0.6 is 27.5 Å². The second-order valence-electron chi connectivity index (χ2n) is 6.25. The van der Waals surface area contributed by atoms with Gasteiger partial charge in [0.25, 0.3) is 0 Å². The summed E-state index contributed by atoms with van der Waals surface area (Å²) in [7, 11) is 0. The predicted molar refractivity (Wildman–Crippen MR) is 99.9 cm³/mol. The Hall–Kier alpha value is -1.74. The van der Waals surface area contributed by atoms with Crippen LogP contribution in [0, 0.1) is 6.92 Å². The van der Waals surface area contributed by atoms with Crippen LogP contribution < -0.4 is 4.90 Å². The standard InChI is InChI=1S/C17H17BrClF3N4O/c1-11-15(18)16(17(20,21)22)23-26(11)10-14(27)25-8-6-24(7-9-25)13-4-2-12(19)3-5-13/h2-5H,6-10H2,1H3. The molecule has 1 aromatic heterocycles. The predicted octanol–water partition coefficient (Wildman–Crippen LogP) is 3.98. The number of carbonyl (C=O) groups is 1. The highest BCUT2D eigenvalue weighted by Gasteiger charge is 2.38. The van der Waals surface area contributed by atoms with Crippen molar-refractivity contribution in [1.29, 1.82) is 0 Å². The number of alkyl halides is 3. The zero-order valence-electron chi connectivity index (χ0n) is 14.4. The zero-order chi connectivity index (χ0) is 19.8. The lowest BCUT2D eigenvalue weighted by molar-refractivity contribution is -0.142. The van der Waals surface area contributed by atoms with Crippen molar-refractivity contribution in [3.05, 3.63) is 45.1 Å². The number of amides is 1. The van der Waals surface area contributed by atoms with Crippen molar-refractivity contribution in [2.75, 3.05) is 31.1 Å². The molecule has 1 aromatic carbocycles. The molecular weight excluding hydrogens is 449 g/mol. The van der Waals surface area contributed by atoms with E-state index in [1.54, 1.807) is 4.90 Å². The van der Waals surface area contributed by atoms with E-state index in [4.69, 9.17) is 11.6 Å². The fourth-order valence-electron chi connectivity index (χ4n) is 2.95. The van der Waals surface area contributed by atoms with Crippen molar-refractivity contribution in [2.45, 2.75) is 19.6 Å². The van der Waals surface area contributed by atoms with E-state index in [2.05, 4.69) is 25.9 Å². The van der Waals surface area contributed by atoms with Crippen molar-refractivity contribution in [1.82, 2.24) is 14.7 Å². The molecule has 0 radical (unpaired) electrons. The summed E-state index contributed by atoms with van der Waals surface area (Å²) in [6.45, 7) is 3.55. The highest BCUT2D eigenvalue weighted by atomic mass is 79.9. The van der Waals surface area contributed by atoms with Gasteiger partial charge in [0.15, 0.2) is 5.69 Å². The molecule has 10 heteroatoms. The van der Waals surface area contributed by atoms with Gasteiger partial charge < -0.3 is 9.80 Å². The summed E-state index contributed by atoms with van der Waals surface area (Å²) >= 11 is 8.81. The summed E-state index contributed by atoms with van der Waals surface area (Å²) in [5, 5.41) is 4.22. The molecule has 0 spiro atoms. The Morgan fingerprint density at radius 1 is 1.19 bits per heavy atom. The number of rotatable bonds is 3. The second kappa shape index (κ2) is 7.71. The molecule has 0 aliphatic carbocycles. The van der Waals surface area contributed by atoms with Gasteiger partial charge in [-0.1, -0.05) is 11.6 Å². The number of hydrogen-bond acceptors (Lipinski definition) is 3. The summed E-state index contributed by atoms with van der Waals surface area (Å²) in [6.07, 6.45) is -4.57. The van der Waals surface area contributed by atoms with E-state index in [0.29, 0.717) is 31.2 Å². The van der Waals surface area contributed by atoms with Crippen molar-refractivity contribution >= 4 is 39.1 Å². The molecular formula is C17H17BrClF3N4O. The number of nitrogens with zero attached hydrogens (tertiary/aromatic N) is 4. The van der Waals surface area contributed by atoms with Gasteiger partial charge in [0.05, 0.1) is 10.2 Å². The number of anilines is 1. The lowest BCUT2D eigenvalue weighted by atomic mass is 10.2. The van der Waals surface area contributed by atoms with E-state index in [0.717, 1.165) is 10.4 Å². The Morgan fingerprint density at radius 2 is 1.78 bits per heavy atom. The molecule has 3 rings (SSSR count). The van der Waals surface area contributed by atoms with Crippen LogP contribution in [-0.4, -0.2) is 46.8 Å². The summed E-state index contributed by atoms with van der Waals surface area (Å²) in [6, 6.07) is 7.46. The van der Waals surface area contributed by atoms with E-state index in [1.165, 1.54) is 6.92 Å². The zero-order valence-corrected chi connectivity index (χ0v) is 16.8. The van der Waals surface area contributed by atoms with E-state index in [1.807, 2.05) is 24.3 Å². The number of carbonyl (C=O) groups excluding carboxylic acids is 1. The highest BCUT2D eigenvalue weighted by molar-refractivity contribution is 9.10. The summed E-state index contributed by atoms with van der Waals surface area (Å²) < 4.78 is 39.8. The summed E-state index contributed by atoms with van der Waals surface area (Å²) in [5.74, 6) is -0.252. The molecule has 0 unspecified atom stereocenters. The topological polar surface area (TPSA) is 41.4 Å². The molecule has 5 nitrogen and oxygen atoms in total. The molecule has 146 valence electrons. The minimum absolute atomic E-state index is 0.129. The van der Waals surface area contributed by atoms with Gasteiger partial charge >= 0.3 is 6.18 Å². The Balaban J connectivity index is 1.63. The van der Waals surface area contributed by atoms with Gasteiger partial charge in [0.1, 0.15) is 6.54 Å². The van der Waals surface area contributed by atoms with Gasteiger partial charge in [-0.15, -0.1) is 0 Å². The van der Waals surface area contributed by atoms with Crippen molar-refractivity contribution in [3.8, 4) is 0 Å². The van der Waals surface area contributed by atoms with E-state index in [-0.39, 0.29) is 22.6 Å². The van der Waals surface area contributed by atoms with Crippen LogP contribution in [0.2, 0.25) is 5.02 Å². The van der Waals surface area contributed by atoms with Crippen molar-refractivity contribution in [2.24, 2.45) is 0 Å². The first-order valence-electron chi connectivity index (χ1n) is 8.25. The van der Waals surface area contributed by atoms with E-state index >= 15 is 0 Å². The monoisotopic (exact) mass is 464 g/mol. The summed E-state index contributed by atoms with van der Waals surface area (Å²) in [5.41, 5.74) is 0.281. The number of halogens is 5. The van der Waals surface area contributed by atoms with Crippen LogP contribution in [-0.2, 0) is 17.5 Å². The first-order chi connectivity index (χ1) is 12.7. The number of hydrogen-bond donors (Lipinski definition) is 0. The third-order valence-corrected chi connectivity index (χ3v) is 5.71. The molecule has 1 aliphatic heterocycles. The Kier molecular flexibility index (Phi) is 5.71. The molecule has 0 atom stereocenters. The highest BCUT2D eigenvalue weighted by Crippen LogP contribution is 2.35. The molecule has 0 N–H and O–H groups in total. The minimum atomic E-state index is -4.57. The summed E-state index contributed by atoms with van der Waals surface area (Å²) in [4.78, 5) is 16.3. The Labute approximate surface area is 167 Å². The molecule has 2 aromatic rings. The third-order valence-electron chi connectivity index (χ3n) is 4.51. The smallest absolute Gasteiger partial charge is 0.368 e. The van der Waals surface area contributed by atoms with Gasteiger partial charge in [0, 0.05) is 36.9 Å². The van der Waals surface area contributed by atoms with Gasteiger partial charge in [-0.25, -0.2) is 0 Å². The molecule has 1 amide bonds. The molecule has 0 saturated carbocycles. The fraction of sp³-hybridized carbons (Fsp3) is 0.412. The maximum atomic E-state index is 12.9. The Morgan fingerprint density at radius 3 is 2.30 bits per heavy atom. The van der Waals surface area contributed by atoms with Crippen LogP contribution in [0.3, 0.4) is 0 Å². The fourth-order valence-corrected chi connectivity index (χ4v) is 3.59. The SMILES string of the molecule is Cc1c(Br)c(C(F)(F)F)nn1CC(=O)N1CCN(c2ccc(Cl)cc2)CC1. The molecule has 1 aliphatic rings. The number of benzene rings is 1. The molecule has 1 saturated heterocycles. The lowest BCUT2D eigenvalue weighted by Gasteiger charge is -2.36.